The Morgan fingerprint density at radius 1 is 0.750 bits per heavy atom. The Morgan fingerprint density at radius 2 is 1.41 bits per heavy atom. The van der Waals surface area contributed by atoms with Gasteiger partial charge in [-0.1, -0.05) is 66.7 Å². The molecular weight excluding hydrogens is 397 g/mol. The molecule has 5 rings (SSSR count). The third kappa shape index (κ3) is 3.81. The van der Waals surface area contributed by atoms with E-state index >= 15 is 0 Å². The summed E-state index contributed by atoms with van der Waals surface area (Å²) in [5.41, 5.74) is 2.23. The van der Waals surface area contributed by atoms with E-state index in [1.807, 2.05) is 0 Å². The number of hydrogen-bond acceptors (Lipinski definition) is 3. The Bertz CT molecular complexity index is 1380. The first kappa shape index (κ1) is 20.5. The lowest BCUT2D eigenvalue weighted by atomic mass is 9.80. The molecule has 0 aliphatic carbocycles. The summed E-state index contributed by atoms with van der Waals surface area (Å²) < 4.78 is 0. The number of nitrogens with one attached hydrogen (secondary N) is 1. The summed E-state index contributed by atoms with van der Waals surface area (Å²) in [6, 6.07) is 26.1. The second-order valence-corrected chi connectivity index (χ2v) is 8.29. The molecule has 5 aromatic carbocycles. The van der Waals surface area contributed by atoms with Crippen LogP contribution in [0.5, 0.6) is 0 Å². The summed E-state index contributed by atoms with van der Waals surface area (Å²) in [5.74, 6) is -0.147. The lowest BCUT2D eigenvalue weighted by Gasteiger charge is -2.14. The van der Waals surface area contributed by atoms with Crippen molar-refractivity contribution in [3.8, 4) is 0 Å². The molecule has 0 fully saturated rings. The van der Waals surface area contributed by atoms with Crippen molar-refractivity contribution in [2.75, 3.05) is 6.54 Å². The third-order valence-electron chi connectivity index (χ3n) is 6.25. The van der Waals surface area contributed by atoms with Gasteiger partial charge in [0.25, 0.3) is 5.91 Å². The van der Waals surface area contributed by atoms with Crippen molar-refractivity contribution in [3.63, 3.8) is 0 Å². The quantitative estimate of drug-likeness (QED) is 0.211. The summed E-state index contributed by atoms with van der Waals surface area (Å²) in [6.45, 7) is 0.606. The van der Waals surface area contributed by atoms with Gasteiger partial charge >= 0.3 is 7.12 Å². The van der Waals surface area contributed by atoms with Crippen molar-refractivity contribution < 1.29 is 14.8 Å². The fourth-order valence-electron chi connectivity index (χ4n) is 4.56. The Morgan fingerprint density at radius 3 is 2.12 bits per heavy atom. The minimum Gasteiger partial charge on any atom is -0.423 e. The van der Waals surface area contributed by atoms with E-state index in [-0.39, 0.29) is 5.91 Å². The number of carbonyl (C=O) groups excluding carboxylic acids is 1. The maximum Gasteiger partial charge on any atom is 0.488 e. The Hall–Kier alpha value is -3.41. The number of carbonyl (C=O) groups is 1. The second kappa shape index (κ2) is 8.62. The van der Waals surface area contributed by atoms with E-state index < -0.39 is 7.12 Å². The summed E-state index contributed by atoms with van der Waals surface area (Å²) >= 11 is 0. The number of hydrogen-bond donors (Lipinski definition) is 3. The lowest BCUT2D eigenvalue weighted by Crippen LogP contribution is -2.30. The molecule has 4 nitrogen and oxygen atoms in total. The molecule has 0 aliphatic rings. The molecule has 3 N–H and O–H groups in total. The topological polar surface area (TPSA) is 69.6 Å². The fourth-order valence-corrected chi connectivity index (χ4v) is 4.56. The molecule has 158 valence electrons. The molecule has 0 radical (unpaired) electrons. The molecule has 0 atom stereocenters. The van der Waals surface area contributed by atoms with Crippen LogP contribution in [0.1, 0.15) is 28.8 Å². The summed E-state index contributed by atoms with van der Waals surface area (Å²) in [4.78, 5) is 12.3. The minimum atomic E-state index is -1.52. The number of amides is 1. The molecule has 0 saturated heterocycles. The third-order valence-corrected chi connectivity index (χ3v) is 6.25. The van der Waals surface area contributed by atoms with Crippen LogP contribution in [0.25, 0.3) is 32.3 Å². The number of rotatable bonds is 7. The summed E-state index contributed by atoms with van der Waals surface area (Å²) in [7, 11) is -1.52. The number of aryl methyl sites for hydroxylation is 1. The average Bonchev–Trinajstić information content (AvgIpc) is 2.83. The van der Waals surface area contributed by atoms with Gasteiger partial charge in [0, 0.05) is 12.1 Å². The van der Waals surface area contributed by atoms with Gasteiger partial charge in [0.2, 0.25) is 0 Å². The van der Waals surface area contributed by atoms with Gasteiger partial charge < -0.3 is 15.4 Å². The molecule has 1 amide bonds. The predicted octanol–water partition coefficient (Wildman–Crippen LogP) is 4.02. The van der Waals surface area contributed by atoms with Gasteiger partial charge in [0.15, 0.2) is 0 Å². The Balaban J connectivity index is 1.23. The van der Waals surface area contributed by atoms with Crippen LogP contribution < -0.4 is 10.8 Å². The van der Waals surface area contributed by atoms with Crippen LogP contribution in [0, 0.1) is 0 Å². The summed E-state index contributed by atoms with van der Waals surface area (Å²) in [5, 5.41) is 29.1. The molecule has 0 saturated carbocycles. The molecule has 32 heavy (non-hydrogen) atoms. The molecule has 0 bridgehead atoms. The smallest absolute Gasteiger partial charge is 0.423 e. The second-order valence-electron chi connectivity index (χ2n) is 8.29. The van der Waals surface area contributed by atoms with Gasteiger partial charge in [0.1, 0.15) is 0 Å². The first-order chi connectivity index (χ1) is 15.6. The lowest BCUT2D eigenvalue weighted by molar-refractivity contribution is 0.0953. The molecule has 0 spiro atoms. The first-order valence-corrected chi connectivity index (χ1v) is 11.0. The van der Waals surface area contributed by atoms with E-state index in [0.717, 1.165) is 19.3 Å². The zero-order valence-electron chi connectivity index (χ0n) is 17.7. The van der Waals surface area contributed by atoms with Gasteiger partial charge in [-0.25, -0.2) is 0 Å². The van der Waals surface area contributed by atoms with Crippen LogP contribution in [-0.2, 0) is 6.42 Å². The zero-order chi connectivity index (χ0) is 22.1. The van der Waals surface area contributed by atoms with E-state index in [9.17, 15) is 4.79 Å². The molecule has 0 aromatic heterocycles. The van der Waals surface area contributed by atoms with Gasteiger partial charge in [-0.15, -0.1) is 0 Å². The van der Waals surface area contributed by atoms with Crippen LogP contribution in [0.4, 0.5) is 0 Å². The van der Waals surface area contributed by atoms with Crippen molar-refractivity contribution in [1.29, 1.82) is 0 Å². The SMILES string of the molecule is O=C(NCCCCc1ccc2ccc3cccc4ccc1c2c34)c1ccc(B(O)O)cc1. The minimum absolute atomic E-state index is 0.147. The highest BCUT2D eigenvalue weighted by Gasteiger charge is 2.12. The van der Waals surface area contributed by atoms with E-state index in [1.165, 1.54) is 37.9 Å². The Kier molecular flexibility index (Phi) is 5.52. The van der Waals surface area contributed by atoms with Crippen molar-refractivity contribution in [1.82, 2.24) is 5.32 Å². The van der Waals surface area contributed by atoms with Crippen molar-refractivity contribution in [3.05, 3.63) is 90.0 Å². The zero-order valence-corrected chi connectivity index (χ0v) is 17.7. The first-order valence-electron chi connectivity index (χ1n) is 11.0. The average molecular weight is 421 g/mol. The molecule has 0 heterocycles. The van der Waals surface area contributed by atoms with E-state index in [4.69, 9.17) is 10.0 Å². The van der Waals surface area contributed by atoms with E-state index in [2.05, 4.69) is 59.9 Å². The van der Waals surface area contributed by atoms with Gasteiger partial charge in [-0.2, -0.15) is 0 Å². The van der Waals surface area contributed by atoms with Crippen molar-refractivity contribution in [2.45, 2.75) is 19.3 Å². The van der Waals surface area contributed by atoms with Crippen LogP contribution in [0.2, 0.25) is 0 Å². The van der Waals surface area contributed by atoms with Crippen LogP contribution >= 0.6 is 0 Å². The van der Waals surface area contributed by atoms with Crippen LogP contribution in [0.15, 0.2) is 78.9 Å². The van der Waals surface area contributed by atoms with Crippen molar-refractivity contribution in [2.24, 2.45) is 0 Å². The Labute approximate surface area is 187 Å². The highest BCUT2D eigenvalue weighted by Crippen LogP contribution is 2.36. The molecule has 0 aliphatic heterocycles. The summed E-state index contributed by atoms with van der Waals surface area (Å²) in [6.07, 6.45) is 2.84. The van der Waals surface area contributed by atoms with Gasteiger partial charge in [-0.05, 0) is 74.7 Å². The van der Waals surface area contributed by atoms with Gasteiger partial charge in [0.05, 0.1) is 0 Å². The molecular formula is C27H24BNO3. The maximum absolute atomic E-state index is 12.3. The molecule has 0 unspecified atom stereocenters. The predicted molar refractivity (Wildman–Crippen MR) is 132 cm³/mol. The van der Waals surface area contributed by atoms with Crippen LogP contribution in [-0.4, -0.2) is 29.6 Å². The molecule has 5 aromatic rings. The monoisotopic (exact) mass is 421 g/mol. The highest BCUT2D eigenvalue weighted by molar-refractivity contribution is 6.58. The maximum atomic E-state index is 12.3. The van der Waals surface area contributed by atoms with Crippen LogP contribution in [0.3, 0.4) is 0 Å². The highest BCUT2D eigenvalue weighted by atomic mass is 16.4. The van der Waals surface area contributed by atoms with E-state index in [1.54, 1.807) is 24.3 Å². The van der Waals surface area contributed by atoms with Crippen molar-refractivity contribution >= 4 is 50.8 Å². The van der Waals surface area contributed by atoms with Gasteiger partial charge in [-0.3, -0.25) is 4.79 Å². The number of benzene rings is 5. The fraction of sp³-hybridized carbons (Fsp3) is 0.148. The molecule has 5 heteroatoms. The largest absolute Gasteiger partial charge is 0.488 e. The number of unbranched alkanes of at least 4 members (excludes halogenated alkanes) is 1. The normalized spacial score (nSPS) is 11.4. The van der Waals surface area contributed by atoms with E-state index in [0.29, 0.717) is 17.6 Å². The standard InChI is InChI=1S/C27H24BNO3/c30-27(22-11-14-23(15-12-22)28(31)32)29-17-2-1-4-18-7-8-21-10-9-19-5-3-6-20-13-16-24(18)26(21)25(19)20/h3,5-16,31-32H,1-2,4,17H2,(H,29,30).